The Morgan fingerprint density at radius 3 is 2.62 bits per heavy atom. The zero-order valence-electron chi connectivity index (χ0n) is 7.87. The molecule has 1 heterocycles. The van der Waals surface area contributed by atoms with Gasteiger partial charge in [0, 0.05) is 12.0 Å². The van der Waals surface area contributed by atoms with Crippen molar-refractivity contribution in [3.63, 3.8) is 0 Å². The monoisotopic (exact) mass is 180 g/mol. The number of cyclic esters (lactones) is 1. The van der Waals surface area contributed by atoms with Gasteiger partial charge < -0.3 is 4.74 Å². The summed E-state index contributed by atoms with van der Waals surface area (Å²) in [6.45, 7) is 0.611. The third kappa shape index (κ3) is 2.11. The Morgan fingerprint density at radius 2 is 2.00 bits per heavy atom. The van der Waals surface area contributed by atoms with E-state index in [1.54, 1.807) is 6.08 Å². The van der Waals surface area contributed by atoms with Gasteiger partial charge >= 0.3 is 5.97 Å². The molecule has 0 spiro atoms. The van der Waals surface area contributed by atoms with E-state index in [0.29, 0.717) is 12.5 Å². The molecule has 0 aromatic carbocycles. The van der Waals surface area contributed by atoms with Crippen LogP contribution < -0.4 is 0 Å². The molecule has 1 atom stereocenters. The van der Waals surface area contributed by atoms with Crippen molar-refractivity contribution in [3.8, 4) is 0 Å². The van der Waals surface area contributed by atoms with E-state index < -0.39 is 0 Å². The molecule has 0 aromatic rings. The summed E-state index contributed by atoms with van der Waals surface area (Å²) >= 11 is 0. The Kier molecular flexibility index (Phi) is 2.67. The van der Waals surface area contributed by atoms with E-state index in [1.807, 2.05) is 6.08 Å². The fourth-order valence-electron chi connectivity index (χ4n) is 2.34. The van der Waals surface area contributed by atoms with Gasteiger partial charge in [-0.2, -0.15) is 0 Å². The Labute approximate surface area is 79.0 Å². The summed E-state index contributed by atoms with van der Waals surface area (Å²) in [5.41, 5.74) is 0. The third-order valence-corrected chi connectivity index (χ3v) is 3.15. The maximum absolute atomic E-state index is 10.8. The molecule has 0 N–H and O–H groups in total. The van der Waals surface area contributed by atoms with Crippen molar-refractivity contribution in [1.29, 1.82) is 0 Å². The predicted molar refractivity (Wildman–Crippen MR) is 50.2 cm³/mol. The lowest BCUT2D eigenvalue weighted by Gasteiger charge is -2.29. The van der Waals surface area contributed by atoms with Crippen molar-refractivity contribution >= 4 is 5.97 Å². The molecule has 0 bridgehead atoms. The third-order valence-electron chi connectivity index (χ3n) is 3.15. The van der Waals surface area contributed by atoms with Crippen LogP contribution in [0.3, 0.4) is 0 Å². The van der Waals surface area contributed by atoms with Crippen LogP contribution in [-0.4, -0.2) is 12.6 Å². The number of esters is 1. The van der Waals surface area contributed by atoms with Crippen LogP contribution in [0.4, 0.5) is 0 Å². The van der Waals surface area contributed by atoms with Crippen LogP contribution in [0.1, 0.15) is 32.1 Å². The highest BCUT2D eigenvalue weighted by molar-refractivity contribution is 5.82. The average molecular weight is 180 g/mol. The van der Waals surface area contributed by atoms with Crippen LogP contribution in [0, 0.1) is 11.8 Å². The van der Waals surface area contributed by atoms with Crippen LogP contribution >= 0.6 is 0 Å². The summed E-state index contributed by atoms with van der Waals surface area (Å²) in [5.74, 6) is 1.09. The second-order valence-corrected chi connectivity index (χ2v) is 4.05. The molecule has 0 saturated heterocycles. The molecular weight excluding hydrogens is 164 g/mol. The van der Waals surface area contributed by atoms with E-state index in [2.05, 4.69) is 0 Å². The summed E-state index contributed by atoms with van der Waals surface area (Å²) in [7, 11) is 0. The zero-order chi connectivity index (χ0) is 9.10. The highest BCUT2D eigenvalue weighted by Gasteiger charge is 2.24. The zero-order valence-corrected chi connectivity index (χ0v) is 7.87. The van der Waals surface area contributed by atoms with Crippen molar-refractivity contribution < 1.29 is 9.53 Å². The van der Waals surface area contributed by atoms with Gasteiger partial charge in [-0.3, -0.25) is 0 Å². The second-order valence-electron chi connectivity index (χ2n) is 4.05. The van der Waals surface area contributed by atoms with E-state index in [1.165, 1.54) is 32.1 Å². The van der Waals surface area contributed by atoms with E-state index in [0.717, 1.165) is 5.92 Å². The van der Waals surface area contributed by atoms with Crippen LogP contribution in [0.15, 0.2) is 12.2 Å². The molecule has 1 aliphatic heterocycles. The first-order valence-electron chi connectivity index (χ1n) is 5.21. The fraction of sp³-hybridized carbons (Fsp3) is 0.727. The topological polar surface area (TPSA) is 26.3 Å². The van der Waals surface area contributed by atoms with Crippen molar-refractivity contribution in [2.24, 2.45) is 11.8 Å². The first-order valence-corrected chi connectivity index (χ1v) is 5.21. The van der Waals surface area contributed by atoms with E-state index in [9.17, 15) is 4.79 Å². The van der Waals surface area contributed by atoms with Gasteiger partial charge in [0.05, 0.1) is 6.61 Å². The SMILES string of the molecule is O=C1C=CC(C2CCCCC2)CO1. The van der Waals surface area contributed by atoms with E-state index in [-0.39, 0.29) is 5.97 Å². The molecular formula is C11H16O2. The number of ether oxygens (including phenoxy) is 1. The molecule has 0 radical (unpaired) electrons. The van der Waals surface area contributed by atoms with E-state index in [4.69, 9.17) is 4.74 Å². The van der Waals surface area contributed by atoms with Gasteiger partial charge in [-0.15, -0.1) is 0 Å². The number of hydrogen-bond acceptors (Lipinski definition) is 2. The first-order chi connectivity index (χ1) is 6.36. The van der Waals surface area contributed by atoms with Gasteiger partial charge in [0.15, 0.2) is 0 Å². The lowest BCUT2D eigenvalue weighted by Crippen LogP contribution is -2.25. The largest absolute Gasteiger partial charge is 0.462 e. The quantitative estimate of drug-likeness (QED) is 0.579. The Morgan fingerprint density at radius 1 is 1.23 bits per heavy atom. The van der Waals surface area contributed by atoms with E-state index >= 15 is 0 Å². The van der Waals surface area contributed by atoms with Gasteiger partial charge in [-0.25, -0.2) is 4.79 Å². The van der Waals surface area contributed by atoms with Crippen LogP contribution in [0.2, 0.25) is 0 Å². The van der Waals surface area contributed by atoms with Crippen molar-refractivity contribution in [2.45, 2.75) is 32.1 Å². The minimum absolute atomic E-state index is 0.174. The molecule has 1 saturated carbocycles. The first kappa shape index (κ1) is 8.79. The minimum atomic E-state index is -0.174. The molecule has 2 heteroatoms. The molecule has 2 nitrogen and oxygen atoms in total. The van der Waals surface area contributed by atoms with Gasteiger partial charge in [-0.1, -0.05) is 25.3 Å². The standard InChI is InChI=1S/C11H16O2/c12-11-7-6-10(8-13-11)9-4-2-1-3-5-9/h6-7,9-10H,1-5,8H2. The summed E-state index contributed by atoms with van der Waals surface area (Å²) in [4.78, 5) is 10.8. The minimum Gasteiger partial charge on any atom is -0.462 e. The lowest BCUT2D eigenvalue weighted by atomic mass is 9.80. The van der Waals surface area contributed by atoms with Gasteiger partial charge in [0.1, 0.15) is 0 Å². The number of carbonyl (C=O) groups is 1. The Hall–Kier alpha value is -0.790. The molecule has 0 aromatic heterocycles. The summed E-state index contributed by atoms with van der Waals surface area (Å²) in [5, 5.41) is 0. The summed E-state index contributed by atoms with van der Waals surface area (Å²) in [6.07, 6.45) is 10.3. The van der Waals surface area contributed by atoms with Crippen molar-refractivity contribution in [3.05, 3.63) is 12.2 Å². The fourth-order valence-corrected chi connectivity index (χ4v) is 2.34. The van der Waals surface area contributed by atoms with Crippen molar-refractivity contribution in [2.75, 3.05) is 6.61 Å². The second kappa shape index (κ2) is 3.95. The predicted octanol–water partition coefficient (Wildman–Crippen LogP) is 2.30. The maximum atomic E-state index is 10.8. The molecule has 72 valence electrons. The van der Waals surface area contributed by atoms with Crippen molar-refractivity contribution in [1.82, 2.24) is 0 Å². The van der Waals surface area contributed by atoms with Crippen LogP contribution in [0.5, 0.6) is 0 Å². The average Bonchev–Trinajstić information content (AvgIpc) is 2.20. The molecule has 2 rings (SSSR count). The van der Waals surface area contributed by atoms with Crippen LogP contribution in [-0.2, 0) is 9.53 Å². The number of rotatable bonds is 1. The lowest BCUT2D eigenvalue weighted by molar-refractivity contribution is -0.140. The number of hydrogen-bond donors (Lipinski definition) is 0. The normalized spacial score (nSPS) is 30.2. The molecule has 0 amide bonds. The smallest absolute Gasteiger partial charge is 0.330 e. The molecule has 1 fully saturated rings. The Bertz CT molecular complexity index is 214. The summed E-state index contributed by atoms with van der Waals surface area (Å²) < 4.78 is 5.02. The summed E-state index contributed by atoms with van der Waals surface area (Å²) in [6, 6.07) is 0. The molecule has 13 heavy (non-hydrogen) atoms. The van der Waals surface area contributed by atoms with Gasteiger partial charge in [0.25, 0.3) is 0 Å². The number of carbonyl (C=O) groups excluding carboxylic acids is 1. The Balaban J connectivity index is 1.92. The highest BCUT2D eigenvalue weighted by Crippen LogP contribution is 2.31. The molecule has 1 unspecified atom stereocenters. The molecule has 2 aliphatic rings. The van der Waals surface area contributed by atoms with Gasteiger partial charge in [0.2, 0.25) is 0 Å². The van der Waals surface area contributed by atoms with Crippen LogP contribution in [0.25, 0.3) is 0 Å². The maximum Gasteiger partial charge on any atom is 0.330 e. The highest BCUT2D eigenvalue weighted by atomic mass is 16.5. The van der Waals surface area contributed by atoms with Gasteiger partial charge in [-0.05, 0) is 18.8 Å². The molecule has 1 aliphatic carbocycles.